The number of aromatic amines is 1. The van der Waals surface area contributed by atoms with Crippen LogP contribution in [0, 0.1) is 0 Å². The van der Waals surface area contributed by atoms with Crippen LogP contribution in [0.3, 0.4) is 0 Å². The van der Waals surface area contributed by atoms with Gasteiger partial charge < -0.3 is 19.9 Å². The Kier molecular flexibility index (Phi) is 4.06. The Bertz CT molecular complexity index is 685. The number of carbonyl (C=O) groups excluding carboxylic acids is 1. The summed E-state index contributed by atoms with van der Waals surface area (Å²) < 4.78 is 5.41. The van der Waals surface area contributed by atoms with E-state index in [-0.39, 0.29) is 12.1 Å². The molecule has 1 aliphatic rings. The lowest BCUT2D eigenvalue weighted by Gasteiger charge is -2.33. The van der Waals surface area contributed by atoms with Crippen molar-refractivity contribution in [3.63, 3.8) is 0 Å². The number of amides is 1. The van der Waals surface area contributed by atoms with Crippen LogP contribution in [0.5, 0.6) is 0 Å². The van der Waals surface area contributed by atoms with Crippen molar-refractivity contribution in [1.29, 1.82) is 0 Å². The summed E-state index contributed by atoms with van der Waals surface area (Å²) in [6.07, 6.45) is 4.56. The summed E-state index contributed by atoms with van der Waals surface area (Å²) in [5.41, 5.74) is 0.995. The number of fused-ring (bicyclic) bond motifs is 1. The Morgan fingerprint density at radius 3 is 2.74 bits per heavy atom. The highest BCUT2D eigenvalue weighted by atomic mass is 16.6. The number of nitrogens with one attached hydrogen (secondary N) is 2. The number of piperidine rings is 1. The molecule has 3 rings (SSSR count). The summed E-state index contributed by atoms with van der Waals surface area (Å²) >= 11 is 0. The number of imidazole rings is 1. The zero-order valence-corrected chi connectivity index (χ0v) is 13.7. The van der Waals surface area contributed by atoms with E-state index in [1.54, 1.807) is 11.2 Å². The summed E-state index contributed by atoms with van der Waals surface area (Å²) in [7, 11) is 0. The number of H-pyrrole nitrogens is 1. The van der Waals surface area contributed by atoms with Gasteiger partial charge >= 0.3 is 6.09 Å². The van der Waals surface area contributed by atoms with Gasteiger partial charge in [0.15, 0.2) is 11.5 Å². The van der Waals surface area contributed by atoms with E-state index in [0.717, 1.165) is 24.2 Å². The van der Waals surface area contributed by atoms with Crippen molar-refractivity contribution < 1.29 is 9.53 Å². The first kappa shape index (κ1) is 15.5. The van der Waals surface area contributed by atoms with E-state index < -0.39 is 5.60 Å². The molecular weight excluding hydrogens is 296 g/mol. The quantitative estimate of drug-likeness (QED) is 0.881. The molecule has 1 aliphatic heterocycles. The fraction of sp³-hybridized carbons (Fsp3) is 0.600. The number of hydrogen-bond acceptors (Lipinski definition) is 6. The first-order valence-electron chi connectivity index (χ1n) is 7.81. The van der Waals surface area contributed by atoms with Gasteiger partial charge in [0.05, 0.1) is 6.33 Å². The van der Waals surface area contributed by atoms with Crippen LogP contribution in [0.1, 0.15) is 33.6 Å². The lowest BCUT2D eigenvalue weighted by Crippen LogP contribution is -2.44. The maximum Gasteiger partial charge on any atom is 0.410 e. The molecule has 0 spiro atoms. The second-order valence-corrected chi connectivity index (χ2v) is 6.71. The lowest BCUT2D eigenvalue weighted by atomic mass is 10.1. The first-order chi connectivity index (χ1) is 10.9. The van der Waals surface area contributed by atoms with E-state index in [0.29, 0.717) is 18.7 Å². The van der Waals surface area contributed by atoms with Gasteiger partial charge in [0.1, 0.15) is 17.4 Å². The van der Waals surface area contributed by atoms with Gasteiger partial charge in [-0.1, -0.05) is 0 Å². The van der Waals surface area contributed by atoms with Crippen LogP contribution in [0.2, 0.25) is 0 Å². The van der Waals surface area contributed by atoms with Gasteiger partial charge in [-0.15, -0.1) is 0 Å². The predicted molar refractivity (Wildman–Crippen MR) is 86.1 cm³/mol. The van der Waals surface area contributed by atoms with Crippen LogP contribution in [-0.2, 0) is 4.74 Å². The Balaban J connectivity index is 1.57. The highest BCUT2D eigenvalue weighted by molar-refractivity contribution is 5.82. The third-order valence-electron chi connectivity index (χ3n) is 3.70. The van der Waals surface area contributed by atoms with Crippen LogP contribution in [0.15, 0.2) is 12.7 Å². The predicted octanol–water partition coefficient (Wildman–Crippen LogP) is 2.16. The molecule has 23 heavy (non-hydrogen) atoms. The van der Waals surface area contributed by atoms with Gasteiger partial charge in [-0.2, -0.15) is 0 Å². The smallest absolute Gasteiger partial charge is 0.410 e. The molecule has 0 aromatic carbocycles. The van der Waals surface area contributed by atoms with Crippen LogP contribution >= 0.6 is 0 Å². The number of hydrogen-bond donors (Lipinski definition) is 2. The lowest BCUT2D eigenvalue weighted by molar-refractivity contribution is 0.0210. The third kappa shape index (κ3) is 3.69. The minimum absolute atomic E-state index is 0.243. The topological polar surface area (TPSA) is 96.0 Å². The molecule has 8 nitrogen and oxygen atoms in total. The second-order valence-electron chi connectivity index (χ2n) is 6.71. The van der Waals surface area contributed by atoms with Crippen molar-refractivity contribution in [2.24, 2.45) is 0 Å². The summed E-state index contributed by atoms with van der Waals surface area (Å²) in [5, 5.41) is 3.41. The average Bonchev–Trinajstić information content (AvgIpc) is 2.96. The minimum atomic E-state index is -0.460. The van der Waals surface area contributed by atoms with E-state index in [2.05, 4.69) is 25.3 Å². The molecule has 1 saturated heterocycles. The first-order valence-corrected chi connectivity index (χ1v) is 7.81. The highest BCUT2D eigenvalue weighted by Gasteiger charge is 2.27. The number of ether oxygens (including phenoxy) is 1. The number of carbonyl (C=O) groups is 1. The van der Waals surface area contributed by atoms with Crippen LogP contribution < -0.4 is 5.32 Å². The van der Waals surface area contributed by atoms with Gasteiger partial charge in [0, 0.05) is 19.1 Å². The second kappa shape index (κ2) is 6.02. The minimum Gasteiger partial charge on any atom is -0.444 e. The van der Waals surface area contributed by atoms with Gasteiger partial charge in [0.25, 0.3) is 0 Å². The van der Waals surface area contributed by atoms with E-state index in [9.17, 15) is 4.79 Å². The maximum atomic E-state index is 12.1. The molecule has 1 amide bonds. The highest BCUT2D eigenvalue weighted by Crippen LogP contribution is 2.21. The van der Waals surface area contributed by atoms with Crippen molar-refractivity contribution >= 4 is 23.1 Å². The molecule has 0 aliphatic carbocycles. The normalized spacial score (nSPS) is 16.6. The van der Waals surface area contributed by atoms with Crippen molar-refractivity contribution in [3.05, 3.63) is 12.7 Å². The molecule has 0 radical (unpaired) electrons. The molecule has 124 valence electrons. The van der Waals surface area contributed by atoms with Crippen LogP contribution in [0.4, 0.5) is 10.6 Å². The zero-order chi connectivity index (χ0) is 16.4. The number of likely N-dealkylation sites (tertiary alicyclic amines) is 1. The molecular formula is C15H22N6O2. The van der Waals surface area contributed by atoms with Crippen LogP contribution in [0.25, 0.3) is 11.2 Å². The molecule has 2 aromatic heterocycles. The summed E-state index contributed by atoms with van der Waals surface area (Å²) in [4.78, 5) is 29.4. The largest absolute Gasteiger partial charge is 0.444 e. The van der Waals surface area contributed by atoms with E-state index in [4.69, 9.17) is 4.74 Å². The summed E-state index contributed by atoms with van der Waals surface area (Å²) in [5.74, 6) is 0.729. The molecule has 8 heteroatoms. The van der Waals surface area contributed by atoms with Crippen LogP contribution in [-0.4, -0.2) is 55.7 Å². The molecule has 3 heterocycles. The van der Waals surface area contributed by atoms with Gasteiger partial charge in [0.2, 0.25) is 0 Å². The number of nitrogens with zero attached hydrogens (tertiary/aromatic N) is 4. The Labute approximate surface area is 134 Å². The molecule has 0 saturated carbocycles. The standard InChI is InChI=1S/C15H22N6O2/c1-15(2,3)23-14(22)21-6-4-10(5-7-21)20-13-11-12(17-8-16-11)18-9-19-13/h8-10H,4-7H2,1-3H3,(H2,16,17,18,19,20). The van der Waals surface area contributed by atoms with Gasteiger partial charge in [-0.05, 0) is 33.6 Å². The fourth-order valence-corrected chi connectivity index (χ4v) is 2.60. The van der Waals surface area contributed by atoms with E-state index in [1.165, 1.54) is 6.33 Å². The Morgan fingerprint density at radius 2 is 2.04 bits per heavy atom. The zero-order valence-electron chi connectivity index (χ0n) is 13.7. The van der Waals surface area contributed by atoms with Crippen molar-refractivity contribution in [1.82, 2.24) is 24.8 Å². The molecule has 2 aromatic rings. The molecule has 1 fully saturated rings. The van der Waals surface area contributed by atoms with E-state index >= 15 is 0 Å². The molecule has 0 bridgehead atoms. The van der Waals surface area contributed by atoms with Crippen molar-refractivity contribution in [2.75, 3.05) is 18.4 Å². The Morgan fingerprint density at radius 1 is 1.30 bits per heavy atom. The van der Waals surface area contributed by atoms with Crippen molar-refractivity contribution in [3.8, 4) is 0 Å². The monoisotopic (exact) mass is 318 g/mol. The SMILES string of the molecule is CC(C)(C)OC(=O)N1CCC(Nc2ncnc3[nH]cnc23)CC1. The summed E-state index contributed by atoms with van der Waals surface area (Å²) in [6.45, 7) is 6.97. The molecule has 0 atom stereocenters. The summed E-state index contributed by atoms with van der Waals surface area (Å²) in [6, 6.07) is 0.253. The van der Waals surface area contributed by atoms with Gasteiger partial charge in [-0.3, -0.25) is 0 Å². The maximum absolute atomic E-state index is 12.1. The third-order valence-corrected chi connectivity index (χ3v) is 3.70. The average molecular weight is 318 g/mol. The van der Waals surface area contributed by atoms with Gasteiger partial charge in [-0.25, -0.2) is 19.7 Å². The number of rotatable bonds is 2. The molecule has 2 N–H and O–H groups in total. The number of anilines is 1. The van der Waals surface area contributed by atoms with Crippen molar-refractivity contribution in [2.45, 2.75) is 45.3 Å². The van der Waals surface area contributed by atoms with E-state index in [1.807, 2.05) is 20.8 Å². The fourth-order valence-electron chi connectivity index (χ4n) is 2.60. The molecule has 0 unspecified atom stereocenters. The number of aromatic nitrogens is 4. The Hall–Kier alpha value is -2.38.